The lowest BCUT2D eigenvalue weighted by atomic mass is 10.5. The normalized spacial score (nSPS) is 14.4. The predicted octanol–water partition coefficient (Wildman–Crippen LogP) is 1.81. The first kappa shape index (κ1) is 14.9. The van der Waals surface area contributed by atoms with Crippen molar-refractivity contribution in [1.82, 2.24) is 10.6 Å². The second-order valence-corrected chi connectivity index (χ2v) is 4.79. The number of halogens is 1. The number of rotatable bonds is 9. The van der Waals surface area contributed by atoms with Crippen LogP contribution in [-0.2, 0) is 9.29 Å². The van der Waals surface area contributed by atoms with Gasteiger partial charge < -0.3 is 15.5 Å². The zero-order valence-electron chi connectivity index (χ0n) is 8.86. The Bertz CT molecular complexity index is 307. The van der Waals surface area contributed by atoms with Gasteiger partial charge in [0.05, 0.1) is 12.0 Å². The predicted molar refractivity (Wildman–Crippen MR) is 61.1 cm³/mol. The Morgan fingerprint density at radius 3 is 2.88 bits per heavy atom. The van der Waals surface area contributed by atoms with Gasteiger partial charge in [-0.1, -0.05) is 19.2 Å². The van der Waals surface area contributed by atoms with Crippen molar-refractivity contribution < 1.29 is 18.7 Å². The minimum Gasteiger partial charge on any atom is -0.372 e. The third-order valence-electron chi connectivity index (χ3n) is 1.55. The van der Waals surface area contributed by atoms with Gasteiger partial charge in [-0.05, 0) is 17.0 Å². The Morgan fingerprint density at radius 2 is 2.31 bits per heavy atom. The molecule has 5 nitrogen and oxygen atoms in total. The first-order chi connectivity index (χ1) is 7.52. The van der Waals surface area contributed by atoms with Crippen molar-refractivity contribution in [3.05, 3.63) is 37.3 Å². The third-order valence-corrected chi connectivity index (χ3v) is 2.65. The van der Waals surface area contributed by atoms with E-state index in [1.54, 1.807) is 18.4 Å². The van der Waals surface area contributed by atoms with Crippen LogP contribution in [0, 0.1) is 0 Å². The Hall–Kier alpha value is -1.10. The van der Waals surface area contributed by atoms with Gasteiger partial charge in [0.1, 0.15) is 0 Å². The summed E-state index contributed by atoms with van der Waals surface area (Å²) in [6, 6.07) is 0. The van der Waals surface area contributed by atoms with E-state index in [4.69, 9.17) is 4.89 Å². The van der Waals surface area contributed by atoms with Crippen LogP contribution in [0.4, 0.5) is 4.53 Å². The lowest BCUT2D eigenvalue weighted by molar-refractivity contribution is -0.0188. The van der Waals surface area contributed by atoms with Crippen molar-refractivity contribution in [2.75, 3.05) is 12.7 Å². The van der Waals surface area contributed by atoms with Crippen molar-refractivity contribution in [3.63, 3.8) is 0 Å². The van der Waals surface area contributed by atoms with Gasteiger partial charge in [-0.15, -0.1) is 4.73 Å². The van der Waals surface area contributed by atoms with Gasteiger partial charge in [0, 0.05) is 12.7 Å². The maximum Gasteiger partial charge on any atom is 0.361 e. The van der Waals surface area contributed by atoms with Gasteiger partial charge in [-0.3, -0.25) is 4.57 Å². The molecular formula is C9H16FN2O3P. The van der Waals surface area contributed by atoms with E-state index in [9.17, 15) is 9.09 Å². The van der Waals surface area contributed by atoms with Crippen LogP contribution in [0.15, 0.2) is 37.3 Å². The van der Waals surface area contributed by atoms with E-state index in [0.29, 0.717) is 18.8 Å². The average Bonchev–Trinajstić information content (AvgIpc) is 2.25. The van der Waals surface area contributed by atoms with Crippen LogP contribution in [0.3, 0.4) is 0 Å². The lowest BCUT2D eigenvalue weighted by Crippen LogP contribution is -2.23. The van der Waals surface area contributed by atoms with Crippen molar-refractivity contribution in [1.29, 1.82) is 0 Å². The first-order valence-electron chi connectivity index (χ1n) is 4.61. The highest BCUT2D eigenvalue weighted by atomic mass is 31.2. The molecule has 0 radical (unpaired) electrons. The molecule has 0 heterocycles. The zero-order chi connectivity index (χ0) is 12.4. The summed E-state index contributed by atoms with van der Waals surface area (Å²) < 4.78 is 25.1. The van der Waals surface area contributed by atoms with Crippen molar-refractivity contribution in [2.45, 2.75) is 6.42 Å². The topological polar surface area (TPSA) is 70.6 Å². The maximum atomic E-state index is 11.5. The molecule has 0 aromatic rings. The molecule has 0 bridgehead atoms. The molecule has 92 valence electrons. The minimum atomic E-state index is -4.04. The minimum absolute atomic E-state index is 0.244. The largest absolute Gasteiger partial charge is 0.372 e. The standard InChI is InChI=1S/C9H16FN2O3P/c1-3-4-6-11-9(2)12-7-5-8-16(13,14)15-10/h3-4,6,11-12H,1-2,5,7-8H2,(H,13,14)/b6-4+. The highest BCUT2D eigenvalue weighted by molar-refractivity contribution is 7.52. The summed E-state index contributed by atoms with van der Waals surface area (Å²) in [4.78, 5) is 8.73. The third kappa shape index (κ3) is 8.23. The van der Waals surface area contributed by atoms with Crippen molar-refractivity contribution >= 4 is 7.60 Å². The number of hydrogen-bond acceptors (Lipinski definition) is 4. The van der Waals surface area contributed by atoms with Gasteiger partial charge in [0.25, 0.3) is 0 Å². The highest BCUT2D eigenvalue weighted by Gasteiger charge is 2.18. The highest BCUT2D eigenvalue weighted by Crippen LogP contribution is 2.42. The van der Waals surface area contributed by atoms with Crippen LogP contribution in [0.1, 0.15) is 6.42 Å². The monoisotopic (exact) mass is 250 g/mol. The average molecular weight is 250 g/mol. The van der Waals surface area contributed by atoms with Gasteiger partial charge in [0.15, 0.2) is 0 Å². The Morgan fingerprint density at radius 1 is 1.62 bits per heavy atom. The fraction of sp³-hybridized carbons (Fsp3) is 0.333. The molecule has 0 aliphatic carbocycles. The van der Waals surface area contributed by atoms with Crippen LogP contribution in [0.2, 0.25) is 0 Å². The van der Waals surface area contributed by atoms with Crippen molar-refractivity contribution in [2.24, 2.45) is 0 Å². The molecule has 0 spiro atoms. The van der Waals surface area contributed by atoms with Crippen molar-refractivity contribution in [3.8, 4) is 0 Å². The Balaban J connectivity index is 3.59. The van der Waals surface area contributed by atoms with E-state index in [1.165, 1.54) is 0 Å². The molecule has 0 fully saturated rings. The molecule has 1 atom stereocenters. The SMILES string of the molecule is C=C/C=C/NC(=C)NCCCP(=O)(O)OF. The summed E-state index contributed by atoms with van der Waals surface area (Å²) in [5.74, 6) is 0.534. The van der Waals surface area contributed by atoms with E-state index in [-0.39, 0.29) is 6.16 Å². The molecule has 0 rings (SSSR count). The van der Waals surface area contributed by atoms with Gasteiger partial charge in [0.2, 0.25) is 0 Å². The number of nitrogens with one attached hydrogen (secondary N) is 2. The lowest BCUT2D eigenvalue weighted by Gasteiger charge is -2.09. The van der Waals surface area contributed by atoms with Crippen LogP contribution in [0.25, 0.3) is 0 Å². The number of allylic oxidation sites excluding steroid dienone is 2. The summed E-state index contributed by atoms with van der Waals surface area (Å²) >= 11 is 0. The second kappa shape index (κ2) is 8.10. The Kier molecular flexibility index (Phi) is 7.54. The molecule has 3 N–H and O–H groups in total. The van der Waals surface area contributed by atoms with Gasteiger partial charge in [-0.2, -0.15) is 0 Å². The van der Waals surface area contributed by atoms with E-state index in [2.05, 4.69) is 28.5 Å². The molecular weight excluding hydrogens is 234 g/mol. The van der Waals surface area contributed by atoms with Crippen LogP contribution >= 0.6 is 7.60 Å². The smallest absolute Gasteiger partial charge is 0.361 e. The molecule has 1 unspecified atom stereocenters. The molecule has 0 amide bonds. The summed E-state index contributed by atoms with van der Waals surface area (Å²) in [7, 11) is -4.04. The second-order valence-electron chi connectivity index (χ2n) is 2.93. The molecule has 0 saturated carbocycles. The molecule has 16 heavy (non-hydrogen) atoms. The van der Waals surface area contributed by atoms with Crippen LogP contribution in [-0.4, -0.2) is 17.6 Å². The van der Waals surface area contributed by atoms with E-state index in [0.717, 1.165) is 0 Å². The van der Waals surface area contributed by atoms with Crippen LogP contribution in [0.5, 0.6) is 0 Å². The quantitative estimate of drug-likeness (QED) is 0.331. The summed E-state index contributed by atoms with van der Waals surface area (Å²) in [6.45, 7) is 7.51. The fourth-order valence-corrected chi connectivity index (χ4v) is 1.45. The first-order valence-corrected chi connectivity index (χ1v) is 6.37. The van der Waals surface area contributed by atoms with E-state index < -0.39 is 7.60 Å². The molecule has 0 aromatic heterocycles. The van der Waals surface area contributed by atoms with Gasteiger partial charge >= 0.3 is 7.60 Å². The number of hydrogen-bond donors (Lipinski definition) is 3. The molecule has 0 aliphatic rings. The van der Waals surface area contributed by atoms with Crippen LogP contribution < -0.4 is 10.6 Å². The maximum absolute atomic E-state index is 11.5. The van der Waals surface area contributed by atoms with E-state index in [1.807, 2.05) is 0 Å². The summed E-state index contributed by atoms with van der Waals surface area (Å²) in [5, 5.41) is 5.64. The Labute approximate surface area is 94.1 Å². The zero-order valence-corrected chi connectivity index (χ0v) is 9.75. The summed E-state index contributed by atoms with van der Waals surface area (Å²) in [5.41, 5.74) is 0. The molecule has 7 heteroatoms. The summed E-state index contributed by atoms with van der Waals surface area (Å²) in [6.07, 6.45) is 4.96. The molecule has 0 aromatic carbocycles. The van der Waals surface area contributed by atoms with E-state index >= 15 is 0 Å². The molecule has 0 aliphatic heterocycles. The van der Waals surface area contributed by atoms with Gasteiger partial charge in [-0.25, -0.2) is 0 Å². The molecule has 0 saturated heterocycles. The fourth-order valence-electron chi connectivity index (χ4n) is 0.820.